The Morgan fingerprint density at radius 1 is 0.808 bits per heavy atom. The fourth-order valence-electron chi connectivity index (χ4n) is 9.26. The van der Waals surface area contributed by atoms with Gasteiger partial charge in [-0.1, -0.05) is 0 Å². The molecule has 8 saturated carbocycles. The van der Waals surface area contributed by atoms with E-state index in [1.807, 2.05) is 12.3 Å². The summed E-state index contributed by atoms with van der Waals surface area (Å²) in [6.45, 7) is 0. The van der Waals surface area contributed by atoms with Crippen LogP contribution < -0.4 is 5.32 Å². The fourth-order valence-corrected chi connectivity index (χ4v) is 9.26. The lowest BCUT2D eigenvalue weighted by Crippen LogP contribution is -2.58. The van der Waals surface area contributed by atoms with E-state index in [4.69, 9.17) is 0 Å². The molecule has 8 aliphatic rings. The van der Waals surface area contributed by atoms with Gasteiger partial charge < -0.3 is 10.4 Å². The Labute approximate surface area is 157 Å². The van der Waals surface area contributed by atoms with E-state index < -0.39 is 5.60 Å². The van der Waals surface area contributed by atoms with Gasteiger partial charge in [-0.2, -0.15) is 0 Å². The molecule has 8 rings (SSSR count). The van der Waals surface area contributed by atoms with Crippen LogP contribution in [0, 0.1) is 35.0 Å². The maximum atomic E-state index is 13.2. The maximum absolute atomic E-state index is 13.2. The molecule has 8 bridgehead atoms. The first-order valence-electron chi connectivity index (χ1n) is 11.1. The van der Waals surface area contributed by atoms with Gasteiger partial charge in [-0.3, -0.25) is 4.79 Å². The average molecular weight is 356 g/mol. The van der Waals surface area contributed by atoms with Crippen molar-refractivity contribution in [3.8, 4) is 0 Å². The second-order valence-electron chi connectivity index (χ2n) is 11.5. The summed E-state index contributed by atoms with van der Waals surface area (Å²) in [5.41, 5.74) is -0.509. The smallest absolute Gasteiger partial charge is 0.163 e. The van der Waals surface area contributed by atoms with Crippen molar-refractivity contribution in [1.29, 1.82) is 0 Å². The molecule has 2 atom stereocenters. The summed E-state index contributed by atoms with van der Waals surface area (Å²) in [4.78, 5) is 13.2. The minimum Gasteiger partial charge on any atom is -0.390 e. The lowest BCUT2D eigenvalue weighted by Gasteiger charge is -2.59. The number of hydrogen-bond donors (Lipinski definition) is 2. The Bertz CT molecular complexity index is 616. The number of allylic oxidation sites excluding steroid dienone is 1. The lowest BCUT2D eigenvalue weighted by atomic mass is 9.47. The Morgan fingerprint density at radius 2 is 1.35 bits per heavy atom. The zero-order valence-electron chi connectivity index (χ0n) is 15.9. The molecule has 3 nitrogen and oxygen atoms in total. The SMILES string of the molecule is O=C(/C=C\NC12CC3CC(CC(C3)C1)C2)C12CC3CC(CC(O)(C3)C1)C2. The molecular formula is C23H33NO2. The highest BCUT2D eigenvalue weighted by atomic mass is 16.3. The van der Waals surface area contributed by atoms with Crippen LogP contribution >= 0.6 is 0 Å². The van der Waals surface area contributed by atoms with Gasteiger partial charge in [0.15, 0.2) is 5.78 Å². The zero-order chi connectivity index (χ0) is 17.6. The number of rotatable bonds is 4. The van der Waals surface area contributed by atoms with Crippen molar-refractivity contribution in [2.24, 2.45) is 35.0 Å². The van der Waals surface area contributed by atoms with Crippen LogP contribution in [0.15, 0.2) is 12.3 Å². The highest BCUT2D eigenvalue weighted by Crippen LogP contribution is 2.62. The van der Waals surface area contributed by atoms with Gasteiger partial charge in [-0.15, -0.1) is 0 Å². The molecule has 0 spiro atoms. The first-order valence-corrected chi connectivity index (χ1v) is 11.1. The highest BCUT2D eigenvalue weighted by Gasteiger charge is 2.59. The summed E-state index contributed by atoms with van der Waals surface area (Å²) in [5.74, 6) is 4.23. The van der Waals surface area contributed by atoms with Gasteiger partial charge in [0.05, 0.1) is 5.60 Å². The topological polar surface area (TPSA) is 49.3 Å². The molecule has 0 amide bonds. The Morgan fingerprint density at radius 3 is 1.88 bits per heavy atom. The van der Waals surface area contributed by atoms with Crippen molar-refractivity contribution in [2.75, 3.05) is 0 Å². The predicted molar refractivity (Wildman–Crippen MR) is 100 cm³/mol. The minimum atomic E-state index is -0.541. The van der Waals surface area contributed by atoms with Crippen LogP contribution in [0.1, 0.15) is 77.0 Å². The van der Waals surface area contributed by atoms with E-state index in [2.05, 4.69) is 5.32 Å². The van der Waals surface area contributed by atoms with Gasteiger partial charge in [0, 0.05) is 17.2 Å². The van der Waals surface area contributed by atoms with E-state index in [9.17, 15) is 9.90 Å². The van der Waals surface area contributed by atoms with Crippen molar-refractivity contribution >= 4 is 5.78 Å². The number of carbonyl (C=O) groups excluding carboxylic acids is 1. The van der Waals surface area contributed by atoms with Gasteiger partial charge in [0.2, 0.25) is 0 Å². The van der Waals surface area contributed by atoms with Crippen molar-refractivity contribution in [3.63, 3.8) is 0 Å². The van der Waals surface area contributed by atoms with Crippen LogP contribution in [0.4, 0.5) is 0 Å². The Kier molecular flexibility index (Phi) is 3.20. The molecule has 0 saturated heterocycles. The summed E-state index contributed by atoms with van der Waals surface area (Å²) < 4.78 is 0. The number of ketones is 1. The molecule has 3 heteroatoms. The van der Waals surface area contributed by atoms with Crippen LogP contribution in [-0.4, -0.2) is 22.0 Å². The van der Waals surface area contributed by atoms with Crippen molar-refractivity contribution in [1.82, 2.24) is 5.32 Å². The Hall–Kier alpha value is -0.830. The van der Waals surface area contributed by atoms with Crippen LogP contribution in [-0.2, 0) is 4.79 Å². The number of aliphatic hydroxyl groups is 1. The standard InChI is InChI=1S/C23H33NO2/c25-20(21-7-18-6-19(8-21)13-23(26,12-18)14-21)1-2-24-22-9-15-3-16(10-22)5-17(4-15)11-22/h1-2,15-19,24,26H,3-14H2/b2-1-. The first kappa shape index (κ1) is 16.2. The normalized spacial score (nSPS) is 56.4. The number of hydrogen-bond acceptors (Lipinski definition) is 3. The molecule has 142 valence electrons. The van der Waals surface area contributed by atoms with E-state index >= 15 is 0 Å². The molecule has 2 N–H and O–H groups in total. The molecule has 0 aromatic rings. The quantitative estimate of drug-likeness (QED) is 0.751. The molecule has 0 aliphatic heterocycles. The zero-order valence-corrected chi connectivity index (χ0v) is 15.9. The van der Waals surface area contributed by atoms with Crippen LogP contribution in [0.25, 0.3) is 0 Å². The molecule has 0 aromatic heterocycles. The third-order valence-electron chi connectivity index (χ3n) is 9.22. The van der Waals surface area contributed by atoms with Crippen molar-refractivity contribution in [2.45, 2.75) is 88.2 Å². The van der Waals surface area contributed by atoms with E-state index in [1.54, 1.807) is 0 Å². The molecule has 0 radical (unpaired) electrons. The van der Waals surface area contributed by atoms with Gasteiger partial charge in [0.25, 0.3) is 0 Å². The molecular weight excluding hydrogens is 322 g/mol. The van der Waals surface area contributed by atoms with E-state index in [-0.39, 0.29) is 11.0 Å². The third kappa shape index (κ3) is 2.38. The van der Waals surface area contributed by atoms with Crippen molar-refractivity contribution < 1.29 is 9.90 Å². The summed E-state index contributed by atoms with van der Waals surface area (Å²) in [6, 6.07) is 0. The number of nitrogens with one attached hydrogen (secondary N) is 1. The third-order valence-corrected chi connectivity index (χ3v) is 9.22. The van der Waals surface area contributed by atoms with Crippen molar-refractivity contribution in [3.05, 3.63) is 12.3 Å². The Balaban J connectivity index is 1.17. The van der Waals surface area contributed by atoms with Gasteiger partial charge in [0.1, 0.15) is 0 Å². The van der Waals surface area contributed by atoms with Crippen LogP contribution in [0.5, 0.6) is 0 Å². The maximum Gasteiger partial charge on any atom is 0.163 e. The van der Waals surface area contributed by atoms with E-state index in [0.717, 1.165) is 43.4 Å². The average Bonchev–Trinajstić information content (AvgIpc) is 2.50. The molecule has 2 unspecified atom stereocenters. The van der Waals surface area contributed by atoms with Crippen LogP contribution in [0.3, 0.4) is 0 Å². The monoisotopic (exact) mass is 355 g/mol. The fraction of sp³-hybridized carbons (Fsp3) is 0.870. The summed E-state index contributed by atoms with van der Waals surface area (Å²) in [7, 11) is 0. The van der Waals surface area contributed by atoms with Gasteiger partial charge >= 0.3 is 0 Å². The van der Waals surface area contributed by atoms with E-state index in [0.29, 0.717) is 24.0 Å². The summed E-state index contributed by atoms with van der Waals surface area (Å²) in [5, 5.41) is 14.6. The predicted octanol–water partition coefficient (Wildman–Crippen LogP) is 3.96. The second kappa shape index (κ2) is 5.16. The summed E-state index contributed by atoms with van der Waals surface area (Å²) in [6.07, 6.45) is 18.0. The number of carbonyl (C=O) groups is 1. The van der Waals surface area contributed by atoms with E-state index in [1.165, 1.54) is 44.9 Å². The molecule has 0 heterocycles. The molecule has 8 fully saturated rings. The first-order chi connectivity index (χ1) is 12.4. The summed E-state index contributed by atoms with van der Waals surface area (Å²) >= 11 is 0. The highest BCUT2D eigenvalue weighted by molar-refractivity contribution is 5.95. The van der Waals surface area contributed by atoms with Gasteiger partial charge in [-0.25, -0.2) is 0 Å². The minimum absolute atomic E-state index is 0.252. The largest absolute Gasteiger partial charge is 0.390 e. The van der Waals surface area contributed by atoms with Crippen LogP contribution in [0.2, 0.25) is 0 Å². The van der Waals surface area contributed by atoms with Gasteiger partial charge in [-0.05, 0) is 113 Å². The second-order valence-corrected chi connectivity index (χ2v) is 11.5. The molecule has 8 aliphatic carbocycles. The molecule has 26 heavy (non-hydrogen) atoms. The lowest BCUT2D eigenvalue weighted by molar-refractivity contribution is -0.173. The molecule has 0 aromatic carbocycles.